The van der Waals surface area contributed by atoms with Crippen molar-refractivity contribution in [3.8, 4) is 0 Å². The zero-order chi connectivity index (χ0) is 19.3. The minimum Gasteiger partial charge on any atom is -0.382 e. The van der Waals surface area contributed by atoms with Gasteiger partial charge in [0.1, 0.15) is 22.2 Å². The van der Waals surface area contributed by atoms with Gasteiger partial charge in [-0.2, -0.15) is 0 Å². The second kappa shape index (κ2) is 7.02. The molecule has 3 aromatic heterocycles. The Kier molecular flexibility index (Phi) is 4.49. The molecular weight excluding hydrogens is 394 g/mol. The largest absolute Gasteiger partial charge is 0.382 e. The van der Waals surface area contributed by atoms with Crippen molar-refractivity contribution in [3.05, 3.63) is 35.6 Å². The van der Waals surface area contributed by atoms with Crippen molar-refractivity contribution in [2.45, 2.75) is 28.8 Å². The summed E-state index contributed by atoms with van der Waals surface area (Å²) in [5.41, 5.74) is 13.5. The Balaban J connectivity index is 1.40. The van der Waals surface area contributed by atoms with E-state index in [1.165, 1.54) is 24.6 Å². The van der Waals surface area contributed by atoms with Crippen molar-refractivity contribution in [1.82, 2.24) is 19.9 Å². The van der Waals surface area contributed by atoms with E-state index in [1.807, 2.05) is 24.4 Å². The van der Waals surface area contributed by atoms with Crippen LogP contribution in [0.1, 0.15) is 12.8 Å². The topological polar surface area (TPSA) is 107 Å². The molecule has 5 rings (SSSR count). The molecule has 0 amide bonds. The van der Waals surface area contributed by atoms with Crippen molar-refractivity contribution in [2.24, 2.45) is 17.6 Å². The summed E-state index contributed by atoms with van der Waals surface area (Å²) < 4.78 is 0. The first-order valence-corrected chi connectivity index (χ1v) is 10.5. The molecule has 28 heavy (non-hydrogen) atoms. The zero-order valence-corrected chi connectivity index (χ0v) is 16.7. The summed E-state index contributed by atoms with van der Waals surface area (Å²) in [7, 11) is 0. The van der Waals surface area contributed by atoms with Crippen LogP contribution in [-0.2, 0) is 0 Å². The molecule has 0 unspecified atom stereocenters. The highest BCUT2D eigenvalue weighted by molar-refractivity contribution is 7.99. The number of nitrogens with two attached hydrogens (primary N) is 2. The van der Waals surface area contributed by atoms with Crippen LogP contribution < -0.4 is 16.4 Å². The summed E-state index contributed by atoms with van der Waals surface area (Å²) in [4.78, 5) is 21.1. The van der Waals surface area contributed by atoms with Gasteiger partial charge in [0.25, 0.3) is 0 Å². The predicted molar refractivity (Wildman–Crippen MR) is 112 cm³/mol. The molecule has 1 saturated carbocycles. The Hall–Kier alpha value is -2.16. The molecule has 7 nitrogen and oxygen atoms in total. The molecule has 9 heteroatoms. The number of fused-ring (bicyclic) bond motifs is 3. The number of hydrogen-bond acceptors (Lipinski definition) is 8. The van der Waals surface area contributed by atoms with Gasteiger partial charge >= 0.3 is 0 Å². The maximum absolute atomic E-state index is 6.32. The molecule has 4 N–H and O–H groups in total. The first-order chi connectivity index (χ1) is 13.6. The Morgan fingerprint density at radius 3 is 2.64 bits per heavy atom. The first kappa shape index (κ1) is 17.9. The minimum absolute atomic E-state index is 0.312. The van der Waals surface area contributed by atoms with E-state index in [-0.39, 0.29) is 0 Å². The van der Waals surface area contributed by atoms with E-state index in [0.717, 1.165) is 34.3 Å². The highest BCUT2D eigenvalue weighted by Crippen LogP contribution is 2.37. The molecule has 0 radical (unpaired) electrons. The van der Waals surface area contributed by atoms with Gasteiger partial charge in [0.05, 0.1) is 11.2 Å². The predicted octanol–water partition coefficient (Wildman–Crippen LogP) is 2.98. The minimum atomic E-state index is 0.312. The Morgan fingerprint density at radius 2 is 1.86 bits per heavy atom. The van der Waals surface area contributed by atoms with Gasteiger partial charge in [0.15, 0.2) is 5.65 Å². The molecule has 3 aromatic rings. The second-order valence-electron chi connectivity index (χ2n) is 7.41. The van der Waals surface area contributed by atoms with Crippen LogP contribution in [0.2, 0.25) is 5.02 Å². The van der Waals surface area contributed by atoms with E-state index in [9.17, 15) is 0 Å². The lowest BCUT2D eigenvalue weighted by atomic mass is 9.93. The smallest absolute Gasteiger partial charge is 0.179 e. The van der Waals surface area contributed by atoms with Crippen molar-refractivity contribution >= 4 is 46.2 Å². The zero-order valence-electron chi connectivity index (χ0n) is 15.1. The standard InChI is InChI=1S/C19H20ClN7S/c20-16-13(5-6-23-18(16)22)28-15-4-3-12-19(26-15)24-7-14(25-12)27-8-10-1-2-11(9-27)17(10)21/h3-7,10-11,17H,1-2,8-9,21H2,(H2,22,23)/t10-,11-/m0/s1. The SMILES string of the molecule is Nc1nccc(Sc2ccc3nc(N4C[C@@H]5CC[C@@H](C4)C5N)cnc3n2)c1Cl. The van der Waals surface area contributed by atoms with E-state index in [4.69, 9.17) is 28.1 Å². The second-order valence-corrected chi connectivity index (χ2v) is 8.85. The number of rotatable bonds is 3. The summed E-state index contributed by atoms with van der Waals surface area (Å²) in [5.74, 6) is 2.34. The van der Waals surface area contributed by atoms with Crippen LogP contribution in [0, 0.1) is 11.8 Å². The molecule has 4 heterocycles. The van der Waals surface area contributed by atoms with Gasteiger partial charge in [-0.15, -0.1) is 0 Å². The van der Waals surface area contributed by atoms with Gasteiger partial charge in [-0.05, 0) is 42.9 Å². The maximum Gasteiger partial charge on any atom is 0.179 e. The molecule has 1 aliphatic carbocycles. The van der Waals surface area contributed by atoms with Crippen molar-refractivity contribution in [1.29, 1.82) is 0 Å². The average molecular weight is 414 g/mol. The fourth-order valence-corrected chi connectivity index (χ4v) is 5.21. The van der Waals surface area contributed by atoms with Crippen LogP contribution in [-0.4, -0.2) is 39.1 Å². The molecule has 0 aromatic carbocycles. The van der Waals surface area contributed by atoms with Gasteiger partial charge in [0.2, 0.25) is 0 Å². The van der Waals surface area contributed by atoms with Crippen molar-refractivity contribution in [2.75, 3.05) is 23.7 Å². The number of nitrogen functional groups attached to an aromatic ring is 1. The van der Waals surface area contributed by atoms with Gasteiger partial charge in [0, 0.05) is 30.2 Å². The average Bonchev–Trinajstić information content (AvgIpc) is 2.91. The molecule has 2 aliphatic rings. The summed E-state index contributed by atoms with van der Waals surface area (Å²) in [6.07, 6.45) is 5.88. The lowest BCUT2D eigenvalue weighted by Crippen LogP contribution is -2.49. The van der Waals surface area contributed by atoms with Crippen LogP contribution in [0.4, 0.5) is 11.6 Å². The van der Waals surface area contributed by atoms with Gasteiger partial charge in [-0.3, -0.25) is 0 Å². The van der Waals surface area contributed by atoms with Gasteiger partial charge in [-0.1, -0.05) is 23.4 Å². The summed E-state index contributed by atoms with van der Waals surface area (Å²) in [6, 6.07) is 6.03. The Bertz CT molecular complexity index is 1030. The molecule has 144 valence electrons. The monoisotopic (exact) mass is 413 g/mol. The molecule has 2 bridgehead atoms. The third-order valence-electron chi connectivity index (χ3n) is 5.69. The van der Waals surface area contributed by atoms with Crippen LogP contribution in [0.5, 0.6) is 0 Å². The summed E-state index contributed by atoms with van der Waals surface area (Å²) in [6.45, 7) is 1.92. The fourth-order valence-electron chi connectivity index (χ4n) is 4.17. The number of hydrogen-bond donors (Lipinski definition) is 2. The number of pyridine rings is 2. The molecule has 0 spiro atoms. The van der Waals surface area contributed by atoms with E-state index in [1.54, 1.807) is 6.20 Å². The van der Waals surface area contributed by atoms with Gasteiger partial charge < -0.3 is 16.4 Å². The third-order valence-corrected chi connectivity index (χ3v) is 7.20. The van der Waals surface area contributed by atoms with Crippen molar-refractivity contribution < 1.29 is 0 Å². The molecule has 1 aliphatic heterocycles. The number of halogens is 1. The molecule has 2 atom stereocenters. The maximum atomic E-state index is 6.32. The Morgan fingerprint density at radius 1 is 1.07 bits per heavy atom. The molecular formula is C19H20ClN7S. The highest BCUT2D eigenvalue weighted by atomic mass is 35.5. The van der Waals surface area contributed by atoms with Crippen molar-refractivity contribution in [3.63, 3.8) is 0 Å². The third kappa shape index (κ3) is 3.15. The molecule has 2 fully saturated rings. The lowest BCUT2D eigenvalue weighted by Gasteiger charge is -2.36. The fraction of sp³-hybridized carbons (Fsp3) is 0.368. The summed E-state index contributed by atoms with van der Waals surface area (Å²) in [5, 5.41) is 1.22. The van der Waals surface area contributed by atoms with E-state index in [0.29, 0.717) is 34.4 Å². The number of piperidine rings is 1. The normalized spacial score (nSPS) is 24.1. The Labute approximate surface area is 171 Å². The van der Waals surface area contributed by atoms with Crippen LogP contribution in [0.15, 0.2) is 40.5 Å². The molecule has 1 saturated heterocycles. The first-order valence-electron chi connectivity index (χ1n) is 9.30. The lowest BCUT2D eigenvalue weighted by molar-refractivity contribution is 0.355. The van der Waals surface area contributed by atoms with E-state index < -0.39 is 0 Å². The summed E-state index contributed by atoms with van der Waals surface area (Å²) >= 11 is 7.66. The van der Waals surface area contributed by atoms with Crippen LogP contribution in [0.25, 0.3) is 11.2 Å². The number of nitrogens with zero attached hydrogens (tertiary/aromatic N) is 5. The van der Waals surface area contributed by atoms with Crippen LogP contribution in [0.3, 0.4) is 0 Å². The van der Waals surface area contributed by atoms with E-state index >= 15 is 0 Å². The van der Waals surface area contributed by atoms with Gasteiger partial charge in [-0.25, -0.2) is 19.9 Å². The van der Waals surface area contributed by atoms with E-state index in [2.05, 4.69) is 19.9 Å². The quantitative estimate of drug-likeness (QED) is 0.674. The number of aromatic nitrogens is 4. The van der Waals surface area contributed by atoms with Crippen LogP contribution >= 0.6 is 23.4 Å². The number of anilines is 2. The highest BCUT2D eigenvalue weighted by Gasteiger charge is 2.40.